The highest BCUT2D eigenvalue weighted by Crippen LogP contribution is 2.28. The monoisotopic (exact) mass is 432 g/mol. The zero-order valence-corrected chi connectivity index (χ0v) is 18.1. The molecule has 32 heavy (non-hydrogen) atoms. The van der Waals surface area contributed by atoms with E-state index in [0.717, 1.165) is 72.7 Å². The molecule has 2 aliphatic heterocycles. The first kappa shape index (κ1) is 21.0. The van der Waals surface area contributed by atoms with Crippen LogP contribution in [-0.4, -0.2) is 44.4 Å². The van der Waals surface area contributed by atoms with E-state index < -0.39 is 0 Å². The first-order chi connectivity index (χ1) is 15.7. The molecule has 2 aromatic rings. The van der Waals surface area contributed by atoms with Gasteiger partial charge in [-0.2, -0.15) is 0 Å². The van der Waals surface area contributed by atoms with Crippen LogP contribution in [0.1, 0.15) is 36.8 Å². The third kappa shape index (κ3) is 5.87. The number of rotatable bonds is 8. The standard InChI is InChI=1S/C27H28O5/c28-27-21(13-19-5-9-23(10-6-19)29-15-25-17-31-25)3-1-2-4-22(27)14-20-7-11-24(12-8-20)30-16-26-18-32-26/h5-14,25-26H,1-4,15-18H2. The number of allylic oxidation sites excluding steroid dienone is 2. The molecule has 1 aliphatic carbocycles. The van der Waals surface area contributed by atoms with Gasteiger partial charge in [-0.05, 0) is 73.2 Å². The van der Waals surface area contributed by atoms with Gasteiger partial charge in [0.1, 0.15) is 36.9 Å². The Bertz CT molecular complexity index is 914. The lowest BCUT2D eigenvalue weighted by molar-refractivity contribution is -0.112. The van der Waals surface area contributed by atoms with Crippen molar-refractivity contribution >= 4 is 17.9 Å². The van der Waals surface area contributed by atoms with Gasteiger partial charge in [-0.25, -0.2) is 0 Å². The summed E-state index contributed by atoms with van der Waals surface area (Å²) in [5.74, 6) is 1.81. The molecule has 2 unspecified atom stereocenters. The molecule has 3 aliphatic rings. The minimum Gasteiger partial charge on any atom is -0.491 e. The van der Waals surface area contributed by atoms with Crippen LogP contribution in [0.15, 0.2) is 59.7 Å². The number of epoxide rings is 2. The summed E-state index contributed by atoms with van der Waals surface area (Å²) in [5, 5.41) is 0. The average Bonchev–Trinajstić information content (AvgIpc) is 3.72. The minimum absolute atomic E-state index is 0.153. The average molecular weight is 433 g/mol. The predicted octanol–water partition coefficient (Wildman–Crippen LogP) is 4.85. The van der Waals surface area contributed by atoms with E-state index in [-0.39, 0.29) is 18.0 Å². The highest BCUT2D eigenvalue weighted by Gasteiger charge is 2.24. The Morgan fingerprint density at radius 3 is 1.50 bits per heavy atom. The summed E-state index contributed by atoms with van der Waals surface area (Å²) >= 11 is 0. The molecule has 3 fully saturated rings. The van der Waals surface area contributed by atoms with Gasteiger partial charge in [0.15, 0.2) is 5.78 Å². The normalized spacial score (nSPS) is 24.9. The SMILES string of the molecule is O=C1C(=Cc2ccc(OCC3CO3)cc2)CCCCC1=Cc1ccc(OCC2CO2)cc1. The topological polar surface area (TPSA) is 60.6 Å². The van der Waals surface area contributed by atoms with Gasteiger partial charge in [0.25, 0.3) is 0 Å². The fourth-order valence-electron chi connectivity index (χ4n) is 3.77. The third-order valence-electron chi connectivity index (χ3n) is 5.84. The van der Waals surface area contributed by atoms with Gasteiger partial charge in [0.05, 0.1) is 13.2 Å². The zero-order valence-electron chi connectivity index (χ0n) is 18.1. The van der Waals surface area contributed by atoms with Crippen molar-refractivity contribution in [1.29, 1.82) is 0 Å². The Morgan fingerprint density at radius 2 is 1.12 bits per heavy atom. The van der Waals surface area contributed by atoms with Gasteiger partial charge in [0.2, 0.25) is 0 Å². The second-order valence-corrected chi connectivity index (χ2v) is 8.55. The lowest BCUT2D eigenvalue weighted by Gasteiger charge is -2.08. The molecule has 0 amide bonds. The number of carbonyl (C=O) groups excluding carboxylic acids is 1. The van der Waals surface area contributed by atoms with Crippen LogP contribution in [0.5, 0.6) is 11.5 Å². The summed E-state index contributed by atoms with van der Waals surface area (Å²) in [6.45, 7) is 2.76. The lowest BCUT2D eigenvalue weighted by atomic mass is 9.98. The van der Waals surface area contributed by atoms with E-state index in [2.05, 4.69) is 0 Å². The Morgan fingerprint density at radius 1 is 0.719 bits per heavy atom. The Labute approximate surface area is 188 Å². The quantitative estimate of drug-likeness (QED) is 0.339. The van der Waals surface area contributed by atoms with Crippen LogP contribution in [0.3, 0.4) is 0 Å². The fraction of sp³-hybridized carbons (Fsp3) is 0.370. The zero-order chi connectivity index (χ0) is 21.8. The molecule has 0 bridgehead atoms. The molecule has 166 valence electrons. The molecular weight excluding hydrogens is 404 g/mol. The second-order valence-electron chi connectivity index (χ2n) is 8.55. The minimum atomic E-state index is 0.153. The Balaban J connectivity index is 1.26. The van der Waals surface area contributed by atoms with Crippen LogP contribution in [0.4, 0.5) is 0 Å². The second kappa shape index (κ2) is 9.72. The Kier molecular flexibility index (Phi) is 6.37. The van der Waals surface area contributed by atoms with E-state index in [1.165, 1.54) is 0 Å². The van der Waals surface area contributed by atoms with Crippen LogP contribution in [0, 0.1) is 0 Å². The Hall–Kier alpha value is -2.89. The molecule has 0 N–H and O–H groups in total. The largest absolute Gasteiger partial charge is 0.491 e. The summed E-state index contributed by atoms with van der Waals surface area (Å²) in [6, 6.07) is 15.8. The van der Waals surface area contributed by atoms with Gasteiger partial charge >= 0.3 is 0 Å². The molecule has 2 aromatic carbocycles. The van der Waals surface area contributed by atoms with Crippen LogP contribution < -0.4 is 9.47 Å². The van der Waals surface area contributed by atoms with Gasteiger partial charge in [-0.3, -0.25) is 4.79 Å². The summed E-state index contributed by atoms with van der Waals surface area (Å²) < 4.78 is 21.7. The summed E-state index contributed by atoms with van der Waals surface area (Å²) in [5.41, 5.74) is 3.79. The number of benzene rings is 2. The van der Waals surface area contributed by atoms with Crippen molar-refractivity contribution in [2.45, 2.75) is 37.9 Å². The van der Waals surface area contributed by atoms with Crippen molar-refractivity contribution in [3.63, 3.8) is 0 Å². The molecule has 5 heteroatoms. The third-order valence-corrected chi connectivity index (χ3v) is 5.84. The van der Waals surface area contributed by atoms with Gasteiger partial charge in [-0.1, -0.05) is 24.3 Å². The van der Waals surface area contributed by atoms with Crippen LogP contribution in [0.2, 0.25) is 0 Å². The number of ether oxygens (including phenoxy) is 4. The molecule has 5 rings (SSSR count). The summed E-state index contributed by atoms with van der Waals surface area (Å²) in [7, 11) is 0. The van der Waals surface area contributed by atoms with Crippen LogP contribution in [0.25, 0.3) is 12.2 Å². The number of carbonyl (C=O) groups is 1. The van der Waals surface area contributed by atoms with E-state index in [0.29, 0.717) is 13.2 Å². The van der Waals surface area contributed by atoms with Crippen LogP contribution in [-0.2, 0) is 14.3 Å². The lowest BCUT2D eigenvalue weighted by Crippen LogP contribution is -2.05. The molecule has 0 radical (unpaired) electrons. The molecule has 0 spiro atoms. The van der Waals surface area contributed by atoms with Crippen molar-refractivity contribution in [1.82, 2.24) is 0 Å². The maximum Gasteiger partial charge on any atom is 0.185 e. The number of hydrogen-bond acceptors (Lipinski definition) is 5. The van der Waals surface area contributed by atoms with Gasteiger partial charge < -0.3 is 18.9 Å². The van der Waals surface area contributed by atoms with Crippen LogP contribution >= 0.6 is 0 Å². The maximum atomic E-state index is 13.2. The molecular formula is C27H28O5. The van der Waals surface area contributed by atoms with E-state index >= 15 is 0 Å². The van der Waals surface area contributed by atoms with E-state index in [9.17, 15) is 4.79 Å². The maximum absolute atomic E-state index is 13.2. The number of ketones is 1. The number of Topliss-reactive ketones (excluding diaryl/α,β-unsaturated/α-hetero) is 1. The highest BCUT2D eigenvalue weighted by molar-refractivity contribution is 6.13. The summed E-state index contributed by atoms with van der Waals surface area (Å²) in [6.07, 6.45) is 8.19. The first-order valence-electron chi connectivity index (χ1n) is 11.4. The van der Waals surface area contributed by atoms with E-state index in [1.54, 1.807) is 0 Å². The van der Waals surface area contributed by atoms with Crippen molar-refractivity contribution in [2.24, 2.45) is 0 Å². The molecule has 2 atom stereocenters. The van der Waals surface area contributed by atoms with E-state index in [1.807, 2.05) is 60.7 Å². The van der Waals surface area contributed by atoms with Gasteiger partial charge in [-0.15, -0.1) is 0 Å². The summed E-state index contributed by atoms with van der Waals surface area (Å²) in [4.78, 5) is 13.2. The molecule has 2 saturated heterocycles. The van der Waals surface area contributed by atoms with E-state index in [4.69, 9.17) is 18.9 Å². The predicted molar refractivity (Wildman–Crippen MR) is 123 cm³/mol. The highest BCUT2D eigenvalue weighted by atomic mass is 16.6. The fourth-order valence-corrected chi connectivity index (χ4v) is 3.77. The first-order valence-corrected chi connectivity index (χ1v) is 11.4. The number of hydrogen-bond donors (Lipinski definition) is 0. The molecule has 0 aromatic heterocycles. The van der Waals surface area contributed by atoms with Crippen molar-refractivity contribution < 1.29 is 23.7 Å². The smallest absolute Gasteiger partial charge is 0.185 e. The molecule has 2 heterocycles. The molecule has 5 nitrogen and oxygen atoms in total. The van der Waals surface area contributed by atoms with Crippen molar-refractivity contribution in [2.75, 3.05) is 26.4 Å². The van der Waals surface area contributed by atoms with Crippen molar-refractivity contribution in [3.8, 4) is 11.5 Å². The van der Waals surface area contributed by atoms with Crippen molar-refractivity contribution in [3.05, 3.63) is 70.8 Å². The molecule has 1 saturated carbocycles. The van der Waals surface area contributed by atoms with Gasteiger partial charge in [0, 0.05) is 11.1 Å².